The second kappa shape index (κ2) is 3.33. The van der Waals surface area contributed by atoms with Crippen LogP contribution in [0.15, 0.2) is 18.2 Å². The number of urea groups is 1. The highest BCUT2D eigenvalue weighted by atomic mass is 16.2. The van der Waals surface area contributed by atoms with Crippen molar-refractivity contribution in [3.8, 4) is 0 Å². The van der Waals surface area contributed by atoms with Crippen molar-refractivity contribution >= 4 is 6.03 Å². The molecule has 74 valence electrons. The lowest BCUT2D eigenvalue weighted by atomic mass is 10.00. The van der Waals surface area contributed by atoms with Gasteiger partial charge in [0.2, 0.25) is 0 Å². The zero-order valence-corrected chi connectivity index (χ0v) is 8.42. The second-order valence-corrected chi connectivity index (χ2v) is 3.77. The van der Waals surface area contributed by atoms with Crippen molar-refractivity contribution in [3.05, 3.63) is 34.9 Å². The first-order valence-corrected chi connectivity index (χ1v) is 4.78. The van der Waals surface area contributed by atoms with Crippen LogP contribution in [0.2, 0.25) is 0 Å². The average Bonchev–Trinajstić information content (AvgIpc) is 2.51. The first kappa shape index (κ1) is 9.06. The fourth-order valence-electron chi connectivity index (χ4n) is 1.86. The molecule has 2 amide bonds. The molecule has 1 fully saturated rings. The summed E-state index contributed by atoms with van der Waals surface area (Å²) in [6.45, 7) is 4.83. The van der Waals surface area contributed by atoms with Gasteiger partial charge >= 0.3 is 6.03 Å². The number of nitrogens with one attached hydrogen (secondary N) is 2. The number of hydrogen-bond donors (Lipinski definition) is 2. The van der Waals surface area contributed by atoms with Gasteiger partial charge in [0, 0.05) is 6.54 Å². The van der Waals surface area contributed by atoms with Crippen LogP contribution in [0.3, 0.4) is 0 Å². The van der Waals surface area contributed by atoms with E-state index in [1.807, 2.05) is 0 Å². The third-order valence-electron chi connectivity index (χ3n) is 2.57. The zero-order chi connectivity index (χ0) is 10.1. The number of aryl methyl sites for hydroxylation is 2. The van der Waals surface area contributed by atoms with E-state index in [1.54, 1.807) is 0 Å². The Morgan fingerprint density at radius 2 is 2.14 bits per heavy atom. The van der Waals surface area contributed by atoms with Crippen molar-refractivity contribution in [1.82, 2.24) is 10.6 Å². The van der Waals surface area contributed by atoms with Gasteiger partial charge in [0.05, 0.1) is 6.04 Å². The van der Waals surface area contributed by atoms with Crippen molar-refractivity contribution in [2.24, 2.45) is 0 Å². The summed E-state index contributed by atoms with van der Waals surface area (Å²) >= 11 is 0. The lowest BCUT2D eigenvalue weighted by Crippen LogP contribution is -2.22. The number of hydrogen-bond acceptors (Lipinski definition) is 1. The Morgan fingerprint density at radius 1 is 1.36 bits per heavy atom. The highest BCUT2D eigenvalue weighted by molar-refractivity contribution is 5.77. The highest BCUT2D eigenvalue weighted by Gasteiger charge is 2.22. The van der Waals surface area contributed by atoms with Gasteiger partial charge in [-0.1, -0.05) is 23.8 Å². The molecule has 1 aromatic carbocycles. The van der Waals surface area contributed by atoms with Gasteiger partial charge in [-0.3, -0.25) is 0 Å². The zero-order valence-electron chi connectivity index (χ0n) is 8.42. The van der Waals surface area contributed by atoms with E-state index < -0.39 is 0 Å². The van der Waals surface area contributed by atoms with Gasteiger partial charge < -0.3 is 10.6 Å². The van der Waals surface area contributed by atoms with Crippen LogP contribution in [-0.4, -0.2) is 12.6 Å². The Kier molecular flexibility index (Phi) is 2.15. The largest absolute Gasteiger partial charge is 0.336 e. The van der Waals surface area contributed by atoms with Gasteiger partial charge in [0.1, 0.15) is 0 Å². The first-order valence-electron chi connectivity index (χ1n) is 4.78. The molecule has 0 unspecified atom stereocenters. The maximum Gasteiger partial charge on any atom is 0.315 e. The number of benzene rings is 1. The predicted molar refractivity (Wildman–Crippen MR) is 55.2 cm³/mol. The molecule has 2 N–H and O–H groups in total. The molecule has 0 aliphatic carbocycles. The van der Waals surface area contributed by atoms with Gasteiger partial charge in [-0.05, 0) is 25.0 Å². The summed E-state index contributed by atoms with van der Waals surface area (Å²) in [6, 6.07) is 6.35. The molecule has 1 aromatic rings. The predicted octanol–water partition coefficient (Wildman–Crippen LogP) is 1.66. The number of rotatable bonds is 1. The molecule has 1 atom stereocenters. The topological polar surface area (TPSA) is 41.1 Å². The summed E-state index contributed by atoms with van der Waals surface area (Å²) in [7, 11) is 0. The molecular weight excluding hydrogens is 176 g/mol. The third-order valence-corrected chi connectivity index (χ3v) is 2.57. The molecule has 2 rings (SSSR count). The molecule has 0 bridgehead atoms. The molecular formula is C11H14N2O. The van der Waals surface area contributed by atoms with E-state index in [4.69, 9.17) is 0 Å². The van der Waals surface area contributed by atoms with Crippen LogP contribution in [0, 0.1) is 13.8 Å². The van der Waals surface area contributed by atoms with E-state index in [0.29, 0.717) is 6.54 Å². The maximum absolute atomic E-state index is 11.0. The smallest absolute Gasteiger partial charge is 0.315 e. The molecule has 14 heavy (non-hydrogen) atoms. The van der Waals surface area contributed by atoms with Crippen LogP contribution in [-0.2, 0) is 0 Å². The summed E-state index contributed by atoms with van der Waals surface area (Å²) in [4.78, 5) is 11.0. The Bertz CT molecular complexity index is 374. The number of carbonyl (C=O) groups excluding carboxylic acids is 1. The molecule has 0 spiro atoms. The maximum atomic E-state index is 11.0. The Morgan fingerprint density at radius 3 is 2.71 bits per heavy atom. The van der Waals surface area contributed by atoms with Crippen LogP contribution in [0.5, 0.6) is 0 Å². The lowest BCUT2D eigenvalue weighted by Gasteiger charge is -2.12. The van der Waals surface area contributed by atoms with Crippen LogP contribution in [0.25, 0.3) is 0 Å². The summed E-state index contributed by atoms with van der Waals surface area (Å²) in [6.07, 6.45) is 0. The molecule has 0 radical (unpaired) electrons. The average molecular weight is 190 g/mol. The number of amides is 2. The van der Waals surface area contributed by atoms with E-state index >= 15 is 0 Å². The number of carbonyl (C=O) groups is 1. The van der Waals surface area contributed by atoms with E-state index in [1.165, 1.54) is 16.7 Å². The highest BCUT2D eigenvalue weighted by Crippen LogP contribution is 2.20. The summed E-state index contributed by atoms with van der Waals surface area (Å²) < 4.78 is 0. The first-order chi connectivity index (χ1) is 6.66. The molecule has 0 aromatic heterocycles. The lowest BCUT2D eigenvalue weighted by molar-refractivity contribution is 0.247. The minimum Gasteiger partial charge on any atom is -0.336 e. The minimum atomic E-state index is -0.0741. The van der Waals surface area contributed by atoms with E-state index in [2.05, 4.69) is 42.7 Å². The summed E-state index contributed by atoms with van der Waals surface area (Å²) in [5.74, 6) is 0. The van der Waals surface area contributed by atoms with E-state index in [0.717, 1.165) is 0 Å². The Balaban J connectivity index is 2.28. The van der Waals surface area contributed by atoms with E-state index in [9.17, 15) is 4.79 Å². The molecule has 1 heterocycles. The Hall–Kier alpha value is -1.51. The summed E-state index contributed by atoms with van der Waals surface area (Å²) in [5.41, 5.74) is 3.69. The SMILES string of the molecule is Cc1ccc([C@H]2CNC(=O)N2)c(C)c1. The quantitative estimate of drug-likeness (QED) is 0.694. The molecule has 3 heteroatoms. The third kappa shape index (κ3) is 1.58. The summed E-state index contributed by atoms with van der Waals surface area (Å²) in [5, 5.41) is 5.64. The van der Waals surface area contributed by atoms with E-state index in [-0.39, 0.29) is 12.1 Å². The van der Waals surface area contributed by atoms with Crippen LogP contribution in [0.1, 0.15) is 22.7 Å². The fourth-order valence-corrected chi connectivity index (χ4v) is 1.86. The monoisotopic (exact) mass is 190 g/mol. The van der Waals surface area contributed by atoms with Gasteiger partial charge in [-0.25, -0.2) is 4.79 Å². The molecule has 3 nitrogen and oxygen atoms in total. The minimum absolute atomic E-state index is 0.0741. The standard InChI is InChI=1S/C11H14N2O/c1-7-3-4-9(8(2)5-7)10-6-12-11(14)13-10/h3-5,10H,6H2,1-2H3,(H2,12,13,14)/t10-/m1/s1. The van der Waals surface area contributed by atoms with Crippen molar-refractivity contribution in [3.63, 3.8) is 0 Å². The molecule has 0 saturated carbocycles. The van der Waals surface area contributed by atoms with Crippen LogP contribution < -0.4 is 10.6 Å². The van der Waals surface area contributed by atoms with Gasteiger partial charge in [0.25, 0.3) is 0 Å². The second-order valence-electron chi connectivity index (χ2n) is 3.77. The van der Waals surface area contributed by atoms with Crippen molar-refractivity contribution in [2.45, 2.75) is 19.9 Å². The molecule has 1 aliphatic heterocycles. The fraction of sp³-hybridized carbons (Fsp3) is 0.364. The molecule has 1 saturated heterocycles. The van der Waals surface area contributed by atoms with Gasteiger partial charge in [-0.15, -0.1) is 0 Å². The normalized spacial score (nSPS) is 20.4. The van der Waals surface area contributed by atoms with Gasteiger partial charge in [0.15, 0.2) is 0 Å². The Labute approximate surface area is 83.5 Å². The van der Waals surface area contributed by atoms with Crippen molar-refractivity contribution in [2.75, 3.05) is 6.54 Å². The molecule has 1 aliphatic rings. The van der Waals surface area contributed by atoms with Crippen molar-refractivity contribution < 1.29 is 4.79 Å². The van der Waals surface area contributed by atoms with Crippen molar-refractivity contribution in [1.29, 1.82) is 0 Å². The van der Waals surface area contributed by atoms with Crippen LogP contribution in [0.4, 0.5) is 4.79 Å². The van der Waals surface area contributed by atoms with Crippen LogP contribution >= 0.6 is 0 Å². The van der Waals surface area contributed by atoms with Gasteiger partial charge in [-0.2, -0.15) is 0 Å².